The van der Waals surface area contributed by atoms with E-state index >= 15 is 0 Å². The Morgan fingerprint density at radius 1 is 0.933 bits per heavy atom. The molecule has 5 rings (SSSR count). The van der Waals surface area contributed by atoms with Gasteiger partial charge >= 0.3 is 5.97 Å². The summed E-state index contributed by atoms with van der Waals surface area (Å²) in [4.78, 5) is 11.4. The highest BCUT2D eigenvalue weighted by molar-refractivity contribution is 6.02. The summed E-state index contributed by atoms with van der Waals surface area (Å²) >= 11 is 0. The van der Waals surface area contributed by atoms with Crippen molar-refractivity contribution >= 4 is 22.6 Å². The van der Waals surface area contributed by atoms with Gasteiger partial charge in [0, 0.05) is 35.2 Å². The molecule has 3 N–H and O–H groups in total. The van der Waals surface area contributed by atoms with Crippen LogP contribution in [0.2, 0.25) is 0 Å². The number of anilines is 1. The van der Waals surface area contributed by atoms with Crippen LogP contribution >= 0.6 is 0 Å². The van der Waals surface area contributed by atoms with Crippen LogP contribution in [0.25, 0.3) is 33.4 Å². The van der Waals surface area contributed by atoms with Gasteiger partial charge < -0.3 is 34.4 Å². The maximum atomic E-state index is 11.4. The van der Waals surface area contributed by atoms with Crippen LogP contribution in [0.1, 0.15) is 18.1 Å². The number of aryl methyl sites for hydroxylation is 1. The zero-order chi connectivity index (χ0) is 31.9. The maximum Gasteiger partial charge on any atom is 0.322 e. The fourth-order valence-corrected chi connectivity index (χ4v) is 5.33. The second-order valence-corrected chi connectivity index (χ2v) is 10.9. The SMILES string of the molecule is CCc1ccc(OC)cc1OCCOc1cc(-c2c3ccc(=[N+](C)C)cc-3oc3cc(CNC)ccc23)ccc1NCC(=O)O. The van der Waals surface area contributed by atoms with Crippen LogP contribution in [0, 0.1) is 0 Å². The molecular formula is C36H40N3O6+. The zero-order valence-electron chi connectivity index (χ0n) is 26.4. The van der Waals surface area contributed by atoms with E-state index in [0.29, 0.717) is 18.0 Å². The summed E-state index contributed by atoms with van der Waals surface area (Å²) in [5, 5.41) is 17.5. The van der Waals surface area contributed by atoms with Crippen LogP contribution in [0.15, 0.2) is 77.2 Å². The first kappa shape index (κ1) is 31.4. The summed E-state index contributed by atoms with van der Waals surface area (Å²) in [7, 11) is 7.55. The molecule has 9 nitrogen and oxygen atoms in total. The Morgan fingerprint density at radius 2 is 1.73 bits per heavy atom. The lowest BCUT2D eigenvalue weighted by Gasteiger charge is -2.19. The van der Waals surface area contributed by atoms with Crippen LogP contribution in [0.3, 0.4) is 0 Å². The van der Waals surface area contributed by atoms with E-state index in [9.17, 15) is 9.90 Å². The molecule has 3 aromatic rings. The first-order valence-corrected chi connectivity index (χ1v) is 15.0. The Kier molecular flexibility index (Phi) is 9.89. The monoisotopic (exact) mass is 610 g/mol. The third-order valence-corrected chi connectivity index (χ3v) is 7.62. The van der Waals surface area contributed by atoms with Gasteiger partial charge in [-0.2, -0.15) is 0 Å². The van der Waals surface area contributed by atoms with E-state index < -0.39 is 5.97 Å². The van der Waals surface area contributed by atoms with Gasteiger partial charge in [0.1, 0.15) is 62.4 Å². The zero-order valence-corrected chi connectivity index (χ0v) is 26.4. The number of aliphatic carboxylic acids is 1. The molecule has 234 valence electrons. The molecule has 0 bridgehead atoms. The summed E-state index contributed by atoms with van der Waals surface area (Å²) in [5.74, 6) is 1.80. The third-order valence-electron chi connectivity index (χ3n) is 7.62. The molecule has 0 unspecified atom stereocenters. The fraction of sp³-hybridized carbons (Fsp3) is 0.278. The van der Waals surface area contributed by atoms with Gasteiger partial charge in [-0.3, -0.25) is 4.79 Å². The lowest BCUT2D eigenvalue weighted by molar-refractivity contribution is -0.134. The summed E-state index contributed by atoms with van der Waals surface area (Å²) < 4.78 is 26.2. The lowest BCUT2D eigenvalue weighted by Crippen LogP contribution is -2.21. The summed E-state index contributed by atoms with van der Waals surface area (Å²) in [5.41, 5.74) is 6.42. The number of hydrogen-bond donors (Lipinski definition) is 3. The van der Waals surface area contributed by atoms with Gasteiger partial charge in [0.2, 0.25) is 5.36 Å². The molecule has 9 heteroatoms. The number of carboxylic acids is 1. The first-order chi connectivity index (χ1) is 21.8. The lowest BCUT2D eigenvalue weighted by atomic mass is 9.93. The van der Waals surface area contributed by atoms with Crippen molar-refractivity contribution in [2.75, 3.05) is 53.3 Å². The molecule has 1 aliphatic heterocycles. The molecule has 0 fully saturated rings. The normalized spacial score (nSPS) is 11.0. The van der Waals surface area contributed by atoms with E-state index in [1.165, 1.54) is 0 Å². The van der Waals surface area contributed by atoms with Gasteiger partial charge in [-0.25, -0.2) is 4.58 Å². The number of hydrogen-bond acceptors (Lipinski definition) is 7. The highest BCUT2D eigenvalue weighted by atomic mass is 16.5. The van der Waals surface area contributed by atoms with Crippen LogP contribution in [0.5, 0.6) is 17.2 Å². The molecule has 1 aliphatic carbocycles. The van der Waals surface area contributed by atoms with Crippen molar-refractivity contribution in [1.29, 1.82) is 0 Å². The number of fused-ring (bicyclic) bond motifs is 2. The molecule has 0 saturated carbocycles. The molecule has 0 amide bonds. The number of ether oxygens (including phenoxy) is 3. The first-order valence-electron chi connectivity index (χ1n) is 15.0. The number of nitrogens with one attached hydrogen (secondary N) is 2. The second-order valence-electron chi connectivity index (χ2n) is 10.9. The van der Waals surface area contributed by atoms with Gasteiger partial charge in [-0.1, -0.05) is 31.2 Å². The Morgan fingerprint density at radius 3 is 2.44 bits per heavy atom. The molecule has 0 spiro atoms. The Hall–Kier alpha value is -5.02. The standard InChI is InChI=1S/C36H39N3O6/c1-6-24-8-11-27(42-5)20-31(24)43-15-16-44-34-18-25(9-14-30(34)38-22-35(40)41)36-28-12-7-23(21-37-2)17-32(28)45-33-19-26(39(3)4)10-13-29(33)36/h7-14,17-20,37H,6,15-16,21-22H2,1-5H3,(H,40,41)/p+1. The second kappa shape index (κ2) is 14.2. The molecule has 45 heavy (non-hydrogen) atoms. The van der Waals surface area contributed by atoms with Gasteiger partial charge in [-0.15, -0.1) is 0 Å². The van der Waals surface area contributed by atoms with Crippen LogP contribution < -0.4 is 34.8 Å². The quantitative estimate of drug-likeness (QED) is 0.0915. The van der Waals surface area contributed by atoms with Crippen LogP contribution in [0.4, 0.5) is 5.69 Å². The summed E-state index contributed by atoms with van der Waals surface area (Å²) in [6.07, 6.45) is 0.823. The number of nitrogens with zero attached hydrogens (tertiary/aromatic N) is 1. The third kappa shape index (κ3) is 7.21. The summed E-state index contributed by atoms with van der Waals surface area (Å²) in [6, 6.07) is 24.0. The van der Waals surface area contributed by atoms with Crippen molar-refractivity contribution in [2.24, 2.45) is 0 Å². The fourth-order valence-electron chi connectivity index (χ4n) is 5.33. The van der Waals surface area contributed by atoms with Crippen molar-refractivity contribution in [3.05, 3.63) is 89.3 Å². The van der Waals surface area contributed by atoms with Gasteiger partial charge in [-0.05, 0) is 60.5 Å². The van der Waals surface area contributed by atoms with Crippen molar-refractivity contribution in [2.45, 2.75) is 19.9 Å². The van der Waals surface area contributed by atoms with E-state index in [2.05, 4.69) is 47.9 Å². The predicted octanol–water partition coefficient (Wildman–Crippen LogP) is 5.48. The van der Waals surface area contributed by atoms with E-state index in [1.54, 1.807) is 7.11 Å². The molecular weight excluding hydrogens is 570 g/mol. The summed E-state index contributed by atoms with van der Waals surface area (Å²) in [6.45, 7) is 3.09. The average Bonchev–Trinajstić information content (AvgIpc) is 3.04. The molecule has 0 atom stereocenters. The Labute approximate surface area is 263 Å². The molecule has 0 aromatic heterocycles. The van der Waals surface area contributed by atoms with Crippen molar-refractivity contribution < 1.29 is 28.5 Å². The minimum Gasteiger partial charge on any atom is -0.497 e. The highest BCUT2D eigenvalue weighted by Crippen LogP contribution is 2.42. The van der Waals surface area contributed by atoms with E-state index in [0.717, 1.165) is 74.4 Å². The van der Waals surface area contributed by atoms with Crippen LogP contribution in [-0.2, 0) is 17.8 Å². The minimum absolute atomic E-state index is 0.243. The largest absolute Gasteiger partial charge is 0.497 e. The van der Waals surface area contributed by atoms with Gasteiger partial charge in [0.25, 0.3) is 0 Å². The van der Waals surface area contributed by atoms with E-state index in [1.807, 2.05) is 68.2 Å². The molecule has 0 radical (unpaired) electrons. The van der Waals surface area contributed by atoms with Gasteiger partial charge in [0.15, 0.2) is 0 Å². The topological polar surface area (TPSA) is 105 Å². The van der Waals surface area contributed by atoms with Crippen molar-refractivity contribution in [3.8, 4) is 39.7 Å². The van der Waals surface area contributed by atoms with Crippen LogP contribution in [-0.4, -0.2) is 59.1 Å². The predicted molar refractivity (Wildman–Crippen MR) is 178 cm³/mol. The Bertz CT molecular complexity index is 1860. The molecule has 1 heterocycles. The smallest absolute Gasteiger partial charge is 0.322 e. The highest BCUT2D eigenvalue weighted by Gasteiger charge is 2.20. The number of benzene rings is 4. The number of carbonyl (C=O) groups is 1. The number of rotatable bonds is 13. The maximum absolute atomic E-state index is 11.4. The average molecular weight is 611 g/mol. The molecule has 0 saturated heterocycles. The number of methoxy groups -OCH3 is 1. The molecule has 3 aromatic carbocycles. The number of carboxylic acid groups (broad SMARTS) is 1. The van der Waals surface area contributed by atoms with E-state index in [4.69, 9.17) is 18.6 Å². The minimum atomic E-state index is -0.964. The van der Waals surface area contributed by atoms with Crippen molar-refractivity contribution in [1.82, 2.24) is 9.89 Å². The Balaban J connectivity index is 1.54. The van der Waals surface area contributed by atoms with E-state index in [-0.39, 0.29) is 13.2 Å². The van der Waals surface area contributed by atoms with Gasteiger partial charge in [0.05, 0.1) is 18.9 Å². The van der Waals surface area contributed by atoms with Crippen molar-refractivity contribution in [3.63, 3.8) is 0 Å². The molecule has 2 aliphatic rings.